The van der Waals surface area contributed by atoms with Crippen molar-refractivity contribution in [2.24, 2.45) is 0 Å². The van der Waals surface area contributed by atoms with Crippen molar-refractivity contribution in [3.8, 4) is 17.2 Å². The van der Waals surface area contributed by atoms with Gasteiger partial charge in [0.25, 0.3) is 5.22 Å². The number of aromatic nitrogens is 3. The molecule has 0 aliphatic rings. The molecule has 3 rings (SSSR count). The van der Waals surface area contributed by atoms with E-state index in [-0.39, 0.29) is 5.91 Å². The van der Waals surface area contributed by atoms with Crippen molar-refractivity contribution in [3.63, 3.8) is 0 Å². The third kappa shape index (κ3) is 4.58. The first-order valence-corrected chi connectivity index (χ1v) is 9.29. The number of rotatable bonds is 6. The molecule has 0 saturated carbocycles. The zero-order chi connectivity index (χ0) is 19.4. The number of carbonyl (C=O) groups excluding carboxylic acids is 1. The van der Waals surface area contributed by atoms with Gasteiger partial charge in [0.05, 0.1) is 23.6 Å². The lowest BCUT2D eigenvalue weighted by atomic mass is 10.2. The number of nitrogens with zero attached hydrogens (tertiary/aromatic N) is 3. The summed E-state index contributed by atoms with van der Waals surface area (Å²) >= 11 is 7.26. The van der Waals surface area contributed by atoms with Gasteiger partial charge in [0.1, 0.15) is 5.75 Å². The van der Waals surface area contributed by atoms with E-state index in [1.54, 1.807) is 37.5 Å². The van der Waals surface area contributed by atoms with Crippen LogP contribution in [0, 0.1) is 6.92 Å². The minimum Gasteiger partial charge on any atom is -0.495 e. The number of aryl methyl sites for hydroxylation is 1. The fourth-order valence-corrected chi connectivity index (χ4v) is 3.07. The number of carbonyl (C=O) groups is 1. The van der Waals surface area contributed by atoms with Crippen LogP contribution in [0.1, 0.15) is 12.5 Å². The van der Waals surface area contributed by atoms with Crippen molar-refractivity contribution in [3.05, 3.63) is 47.2 Å². The van der Waals surface area contributed by atoms with Crippen LogP contribution in [0.2, 0.25) is 5.02 Å². The molecule has 0 saturated heterocycles. The summed E-state index contributed by atoms with van der Waals surface area (Å²) in [6.07, 6.45) is 3.29. The minimum absolute atomic E-state index is 0.221. The van der Waals surface area contributed by atoms with Gasteiger partial charge in [0.2, 0.25) is 11.8 Å². The van der Waals surface area contributed by atoms with E-state index in [4.69, 9.17) is 20.8 Å². The molecule has 1 aromatic carbocycles. The Bertz CT molecular complexity index is 949. The van der Waals surface area contributed by atoms with Crippen LogP contribution in [-0.4, -0.2) is 33.4 Å². The van der Waals surface area contributed by atoms with E-state index >= 15 is 0 Å². The number of thioether (sulfide) groups is 1. The smallest absolute Gasteiger partial charge is 0.277 e. The van der Waals surface area contributed by atoms with E-state index in [1.165, 1.54) is 18.9 Å². The van der Waals surface area contributed by atoms with Crippen LogP contribution in [0.25, 0.3) is 11.5 Å². The van der Waals surface area contributed by atoms with E-state index in [0.717, 1.165) is 11.1 Å². The minimum atomic E-state index is -0.465. The van der Waals surface area contributed by atoms with Crippen LogP contribution in [0.4, 0.5) is 5.69 Å². The molecule has 0 aliphatic heterocycles. The molecule has 2 heterocycles. The number of hydrogen-bond donors (Lipinski definition) is 1. The number of ether oxygens (including phenoxy) is 1. The van der Waals surface area contributed by atoms with Gasteiger partial charge in [-0.05, 0) is 37.6 Å². The second kappa shape index (κ2) is 8.41. The maximum absolute atomic E-state index is 12.5. The summed E-state index contributed by atoms with van der Waals surface area (Å²) < 4.78 is 10.9. The number of hydrogen-bond acceptors (Lipinski definition) is 7. The number of amides is 1. The van der Waals surface area contributed by atoms with Crippen LogP contribution in [-0.2, 0) is 4.79 Å². The summed E-state index contributed by atoms with van der Waals surface area (Å²) in [5, 5.41) is 11.2. The van der Waals surface area contributed by atoms with E-state index in [1.807, 2.05) is 13.0 Å². The average Bonchev–Trinajstić information content (AvgIpc) is 3.13. The highest BCUT2D eigenvalue weighted by atomic mass is 35.5. The maximum Gasteiger partial charge on any atom is 0.277 e. The molecule has 7 nitrogen and oxygen atoms in total. The molecule has 27 heavy (non-hydrogen) atoms. The number of benzene rings is 1. The molecule has 0 fully saturated rings. The summed E-state index contributed by atoms with van der Waals surface area (Å²) in [6, 6.07) is 7.04. The quantitative estimate of drug-likeness (QED) is 0.615. The lowest BCUT2D eigenvalue weighted by Gasteiger charge is -2.14. The van der Waals surface area contributed by atoms with Crippen molar-refractivity contribution in [2.45, 2.75) is 24.3 Å². The Morgan fingerprint density at radius 1 is 1.37 bits per heavy atom. The topological polar surface area (TPSA) is 90.1 Å². The molecule has 0 aliphatic carbocycles. The number of methoxy groups -OCH3 is 1. The first kappa shape index (κ1) is 19.2. The Labute approximate surface area is 165 Å². The largest absolute Gasteiger partial charge is 0.495 e. The van der Waals surface area contributed by atoms with Crippen molar-refractivity contribution >= 4 is 35.0 Å². The van der Waals surface area contributed by atoms with E-state index in [0.29, 0.717) is 27.6 Å². The van der Waals surface area contributed by atoms with Gasteiger partial charge in [0.15, 0.2) is 0 Å². The molecule has 0 radical (unpaired) electrons. The predicted molar refractivity (Wildman–Crippen MR) is 104 cm³/mol. The highest BCUT2D eigenvalue weighted by Gasteiger charge is 2.20. The van der Waals surface area contributed by atoms with E-state index < -0.39 is 5.25 Å². The summed E-state index contributed by atoms with van der Waals surface area (Å²) in [5.74, 6) is 0.627. The molecule has 1 amide bonds. The molecule has 3 aromatic rings. The van der Waals surface area contributed by atoms with Gasteiger partial charge in [-0.15, -0.1) is 10.2 Å². The number of nitrogens with one attached hydrogen (secondary N) is 1. The molecule has 9 heteroatoms. The molecule has 0 spiro atoms. The second-order valence-corrected chi connectivity index (χ2v) is 7.37. The molecule has 0 unspecified atom stereocenters. The molecule has 0 bridgehead atoms. The summed E-state index contributed by atoms with van der Waals surface area (Å²) in [7, 11) is 1.52. The zero-order valence-corrected chi connectivity index (χ0v) is 16.5. The highest BCUT2D eigenvalue weighted by Crippen LogP contribution is 2.32. The second-order valence-electron chi connectivity index (χ2n) is 5.67. The lowest BCUT2D eigenvalue weighted by Crippen LogP contribution is -2.22. The Morgan fingerprint density at radius 3 is 2.89 bits per heavy atom. The standard InChI is InChI=1S/C18H17ClN4O3S/c1-10-7-14(15(25-3)8-13(10)19)21-16(24)11(2)27-18-23-22-17(26-18)12-5-4-6-20-9-12/h4-9,11H,1-3H3,(H,21,24)/t11-/m0/s1. The predicted octanol–water partition coefficient (Wildman–Crippen LogP) is 4.22. The van der Waals surface area contributed by atoms with E-state index in [9.17, 15) is 4.79 Å². The van der Waals surface area contributed by atoms with Gasteiger partial charge in [-0.1, -0.05) is 23.4 Å². The van der Waals surface area contributed by atoms with Crippen LogP contribution in [0.3, 0.4) is 0 Å². The summed E-state index contributed by atoms with van der Waals surface area (Å²) in [6.45, 7) is 3.61. The third-order valence-electron chi connectivity index (χ3n) is 3.70. The molecular weight excluding hydrogens is 388 g/mol. The van der Waals surface area contributed by atoms with Gasteiger partial charge in [0, 0.05) is 23.5 Å². The zero-order valence-electron chi connectivity index (χ0n) is 14.9. The number of pyridine rings is 1. The fourth-order valence-electron chi connectivity index (χ4n) is 2.23. The van der Waals surface area contributed by atoms with Crippen LogP contribution in [0.5, 0.6) is 5.75 Å². The molecule has 1 N–H and O–H groups in total. The van der Waals surface area contributed by atoms with Crippen molar-refractivity contribution in [1.82, 2.24) is 15.2 Å². The normalized spacial score (nSPS) is 11.9. The van der Waals surface area contributed by atoms with Gasteiger partial charge < -0.3 is 14.5 Å². The van der Waals surface area contributed by atoms with Crippen molar-refractivity contribution in [2.75, 3.05) is 12.4 Å². The van der Waals surface area contributed by atoms with E-state index in [2.05, 4.69) is 20.5 Å². The highest BCUT2D eigenvalue weighted by molar-refractivity contribution is 8.00. The summed E-state index contributed by atoms with van der Waals surface area (Å²) in [5.41, 5.74) is 2.11. The first-order chi connectivity index (χ1) is 13.0. The Hall–Kier alpha value is -2.58. The van der Waals surface area contributed by atoms with Crippen LogP contribution >= 0.6 is 23.4 Å². The first-order valence-electron chi connectivity index (χ1n) is 8.03. The van der Waals surface area contributed by atoms with Crippen LogP contribution < -0.4 is 10.1 Å². The fraction of sp³-hybridized carbons (Fsp3) is 0.222. The Balaban J connectivity index is 1.68. The van der Waals surface area contributed by atoms with Gasteiger partial charge in [-0.2, -0.15) is 0 Å². The van der Waals surface area contributed by atoms with Gasteiger partial charge in [-0.3, -0.25) is 9.78 Å². The maximum atomic E-state index is 12.5. The Kier molecular flexibility index (Phi) is 5.98. The van der Waals surface area contributed by atoms with Crippen molar-refractivity contribution < 1.29 is 13.9 Å². The molecule has 1 atom stereocenters. The SMILES string of the molecule is COc1cc(Cl)c(C)cc1NC(=O)[C@H](C)Sc1nnc(-c2cccnc2)o1. The van der Waals surface area contributed by atoms with Gasteiger partial charge in [-0.25, -0.2) is 0 Å². The lowest BCUT2D eigenvalue weighted by molar-refractivity contribution is -0.115. The van der Waals surface area contributed by atoms with Crippen LogP contribution in [0.15, 0.2) is 46.3 Å². The molecule has 2 aromatic heterocycles. The summed E-state index contributed by atoms with van der Waals surface area (Å²) in [4.78, 5) is 16.6. The number of halogens is 1. The average molecular weight is 405 g/mol. The Morgan fingerprint density at radius 2 is 2.19 bits per heavy atom. The van der Waals surface area contributed by atoms with Gasteiger partial charge >= 0.3 is 0 Å². The third-order valence-corrected chi connectivity index (χ3v) is 5.04. The monoisotopic (exact) mass is 404 g/mol. The number of anilines is 1. The van der Waals surface area contributed by atoms with Crippen molar-refractivity contribution in [1.29, 1.82) is 0 Å². The molecular formula is C18H17ClN4O3S. The molecule has 140 valence electrons.